The summed E-state index contributed by atoms with van der Waals surface area (Å²) in [7, 11) is -1.20. The highest BCUT2D eigenvalue weighted by atomic mass is 32.2. The van der Waals surface area contributed by atoms with Crippen LogP contribution < -0.4 is 5.14 Å². The molecule has 0 fully saturated rings. The SMILES string of the molecule is CCOC(=O)CCCCCS(N)=O. The van der Waals surface area contributed by atoms with Gasteiger partial charge in [-0.05, 0) is 19.8 Å². The van der Waals surface area contributed by atoms with E-state index < -0.39 is 11.0 Å². The fraction of sp³-hybridized carbons (Fsp3) is 0.875. The standard InChI is InChI=1S/C8H17NO3S/c1-2-12-8(10)6-4-3-5-7-13(9)11/h2-7,9H2,1H3. The fourth-order valence-corrected chi connectivity index (χ4v) is 1.41. The highest BCUT2D eigenvalue weighted by Crippen LogP contribution is 2.01. The Hall–Kier alpha value is -0.420. The van der Waals surface area contributed by atoms with Crippen molar-refractivity contribution in [2.75, 3.05) is 12.4 Å². The second-order valence-electron chi connectivity index (χ2n) is 2.70. The molecule has 0 rings (SSSR count). The third-order valence-corrected chi connectivity index (χ3v) is 2.22. The summed E-state index contributed by atoms with van der Waals surface area (Å²) in [6.45, 7) is 2.22. The first kappa shape index (κ1) is 12.6. The number of carbonyl (C=O) groups is 1. The lowest BCUT2D eigenvalue weighted by Crippen LogP contribution is -2.07. The molecule has 0 spiro atoms. The van der Waals surface area contributed by atoms with Gasteiger partial charge in [-0.2, -0.15) is 0 Å². The quantitative estimate of drug-likeness (QED) is 0.494. The zero-order chi connectivity index (χ0) is 10.1. The van der Waals surface area contributed by atoms with Gasteiger partial charge >= 0.3 is 5.97 Å². The van der Waals surface area contributed by atoms with Crippen molar-refractivity contribution in [1.82, 2.24) is 0 Å². The molecule has 0 aliphatic rings. The monoisotopic (exact) mass is 207 g/mol. The molecule has 0 radical (unpaired) electrons. The van der Waals surface area contributed by atoms with Crippen LogP contribution in [0.4, 0.5) is 0 Å². The van der Waals surface area contributed by atoms with Gasteiger partial charge in [0.25, 0.3) is 0 Å². The molecular weight excluding hydrogens is 190 g/mol. The topological polar surface area (TPSA) is 69.4 Å². The first-order valence-electron chi connectivity index (χ1n) is 4.45. The van der Waals surface area contributed by atoms with Gasteiger partial charge in [-0.15, -0.1) is 0 Å². The molecule has 0 bridgehead atoms. The van der Waals surface area contributed by atoms with Crippen LogP contribution in [0.1, 0.15) is 32.6 Å². The van der Waals surface area contributed by atoms with Crippen LogP contribution in [0.15, 0.2) is 0 Å². The van der Waals surface area contributed by atoms with E-state index in [0.717, 1.165) is 19.3 Å². The van der Waals surface area contributed by atoms with E-state index in [1.165, 1.54) is 0 Å². The number of hydrogen-bond acceptors (Lipinski definition) is 3. The van der Waals surface area contributed by atoms with Gasteiger partial charge in [-0.3, -0.25) is 9.93 Å². The molecule has 0 aliphatic carbocycles. The van der Waals surface area contributed by atoms with E-state index in [4.69, 9.17) is 9.88 Å². The van der Waals surface area contributed by atoms with Gasteiger partial charge in [0, 0.05) is 12.2 Å². The Morgan fingerprint density at radius 1 is 1.38 bits per heavy atom. The van der Waals surface area contributed by atoms with Crippen molar-refractivity contribution in [3.8, 4) is 0 Å². The highest BCUT2D eigenvalue weighted by Gasteiger charge is 2.00. The molecule has 0 amide bonds. The number of hydrogen-bond donors (Lipinski definition) is 1. The zero-order valence-corrected chi connectivity index (χ0v) is 8.77. The van der Waals surface area contributed by atoms with Crippen LogP contribution in [0.2, 0.25) is 0 Å². The van der Waals surface area contributed by atoms with Crippen LogP contribution in [0.25, 0.3) is 0 Å². The predicted molar refractivity (Wildman–Crippen MR) is 52.3 cm³/mol. The number of ether oxygens (including phenoxy) is 1. The van der Waals surface area contributed by atoms with Gasteiger partial charge in [0.05, 0.1) is 17.6 Å². The minimum absolute atomic E-state index is 0.156. The molecule has 4 nitrogen and oxygen atoms in total. The molecule has 0 saturated heterocycles. The molecule has 5 heteroatoms. The van der Waals surface area contributed by atoms with Crippen LogP contribution in [0.5, 0.6) is 0 Å². The summed E-state index contributed by atoms with van der Waals surface area (Å²) in [4.78, 5) is 10.8. The first-order valence-corrected chi connectivity index (χ1v) is 5.83. The summed E-state index contributed by atoms with van der Waals surface area (Å²) in [6, 6.07) is 0. The van der Waals surface area contributed by atoms with Gasteiger partial charge in [0.2, 0.25) is 0 Å². The Bertz CT molecular complexity index is 173. The summed E-state index contributed by atoms with van der Waals surface area (Å²) in [5.74, 6) is 0.361. The molecular formula is C8H17NO3S. The Morgan fingerprint density at radius 2 is 2.08 bits per heavy atom. The molecule has 1 unspecified atom stereocenters. The first-order chi connectivity index (χ1) is 6.16. The Kier molecular flexibility index (Phi) is 7.93. The van der Waals surface area contributed by atoms with Crippen LogP contribution in [0.3, 0.4) is 0 Å². The maximum Gasteiger partial charge on any atom is 0.305 e. The molecule has 0 aromatic carbocycles. The van der Waals surface area contributed by atoms with Crippen molar-refractivity contribution in [2.45, 2.75) is 32.6 Å². The fourth-order valence-electron chi connectivity index (χ4n) is 0.924. The summed E-state index contributed by atoms with van der Waals surface area (Å²) < 4.78 is 15.2. The van der Waals surface area contributed by atoms with Crippen molar-refractivity contribution in [3.05, 3.63) is 0 Å². The maximum absolute atomic E-state index is 10.8. The van der Waals surface area contributed by atoms with Gasteiger partial charge < -0.3 is 4.74 Å². The van der Waals surface area contributed by atoms with E-state index in [2.05, 4.69) is 0 Å². The number of esters is 1. The van der Waals surface area contributed by atoms with Crippen LogP contribution >= 0.6 is 0 Å². The number of nitrogens with two attached hydrogens (primary N) is 1. The summed E-state index contributed by atoms with van der Waals surface area (Å²) >= 11 is 0. The Labute approximate surface area is 81.4 Å². The second-order valence-corrected chi connectivity index (χ2v) is 3.87. The third-order valence-electron chi connectivity index (χ3n) is 1.53. The van der Waals surface area contributed by atoms with Crippen molar-refractivity contribution >= 4 is 17.0 Å². The molecule has 0 heterocycles. The minimum Gasteiger partial charge on any atom is -0.466 e. The summed E-state index contributed by atoms with van der Waals surface area (Å²) in [5.41, 5.74) is 0. The maximum atomic E-state index is 10.8. The van der Waals surface area contributed by atoms with Crippen molar-refractivity contribution in [3.63, 3.8) is 0 Å². The number of rotatable bonds is 7. The average Bonchev–Trinajstić information content (AvgIpc) is 2.03. The smallest absolute Gasteiger partial charge is 0.305 e. The molecule has 0 aromatic rings. The van der Waals surface area contributed by atoms with Gasteiger partial charge in [0.15, 0.2) is 0 Å². The summed E-state index contributed by atoms with van der Waals surface area (Å²) in [5, 5.41) is 5.06. The lowest BCUT2D eigenvalue weighted by Gasteiger charge is -2.00. The molecule has 0 aliphatic heterocycles. The third kappa shape index (κ3) is 9.49. The van der Waals surface area contributed by atoms with Crippen molar-refractivity contribution in [1.29, 1.82) is 0 Å². The van der Waals surface area contributed by atoms with E-state index >= 15 is 0 Å². The lowest BCUT2D eigenvalue weighted by molar-refractivity contribution is -0.143. The minimum atomic E-state index is -1.20. The Balaban J connectivity index is 3.16. The van der Waals surface area contributed by atoms with E-state index in [1.54, 1.807) is 6.92 Å². The summed E-state index contributed by atoms with van der Waals surface area (Å²) in [6.07, 6.45) is 2.92. The highest BCUT2D eigenvalue weighted by molar-refractivity contribution is 7.82. The van der Waals surface area contributed by atoms with E-state index in [0.29, 0.717) is 18.8 Å². The Morgan fingerprint density at radius 3 is 2.62 bits per heavy atom. The van der Waals surface area contributed by atoms with Gasteiger partial charge in [-0.25, -0.2) is 4.21 Å². The molecule has 0 saturated carbocycles. The number of carbonyl (C=O) groups excluding carboxylic acids is 1. The molecule has 1 atom stereocenters. The lowest BCUT2D eigenvalue weighted by atomic mass is 10.2. The van der Waals surface area contributed by atoms with Crippen LogP contribution in [0, 0.1) is 0 Å². The van der Waals surface area contributed by atoms with E-state index in [1.807, 2.05) is 0 Å². The van der Waals surface area contributed by atoms with E-state index in [9.17, 15) is 9.00 Å². The molecule has 13 heavy (non-hydrogen) atoms. The predicted octanol–water partition coefficient (Wildman–Crippen LogP) is 0.732. The van der Waals surface area contributed by atoms with Gasteiger partial charge in [0.1, 0.15) is 0 Å². The zero-order valence-electron chi connectivity index (χ0n) is 7.95. The van der Waals surface area contributed by atoms with Crippen LogP contribution in [-0.4, -0.2) is 22.5 Å². The van der Waals surface area contributed by atoms with Crippen molar-refractivity contribution in [2.24, 2.45) is 5.14 Å². The molecule has 0 aromatic heterocycles. The second kappa shape index (κ2) is 8.19. The average molecular weight is 207 g/mol. The largest absolute Gasteiger partial charge is 0.466 e. The van der Waals surface area contributed by atoms with Gasteiger partial charge in [-0.1, -0.05) is 6.42 Å². The van der Waals surface area contributed by atoms with Crippen molar-refractivity contribution < 1.29 is 13.7 Å². The normalized spacial score (nSPS) is 12.5. The van der Waals surface area contributed by atoms with Crippen LogP contribution in [-0.2, 0) is 20.5 Å². The molecule has 78 valence electrons. The molecule has 2 N–H and O–H groups in total. The number of unbranched alkanes of at least 4 members (excludes halogenated alkanes) is 2. The van der Waals surface area contributed by atoms with E-state index in [-0.39, 0.29) is 5.97 Å².